The van der Waals surface area contributed by atoms with Gasteiger partial charge >= 0.3 is 0 Å². The fraction of sp³-hybridized carbons (Fsp3) is 0.556. The van der Waals surface area contributed by atoms with E-state index in [0.29, 0.717) is 18.2 Å². The molecule has 4 bridgehead atoms. The van der Waals surface area contributed by atoms with E-state index in [1.54, 1.807) is 12.4 Å². The quantitative estimate of drug-likeness (QED) is 0.878. The minimum atomic E-state index is 0.276. The minimum Gasteiger partial charge on any atom is -0.374 e. The molecule has 1 unspecified atom stereocenters. The summed E-state index contributed by atoms with van der Waals surface area (Å²) in [5.41, 5.74) is 7.37. The second-order valence-electron chi connectivity index (χ2n) is 7.88. The predicted molar refractivity (Wildman–Crippen MR) is 96.8 cm³/mol. The van der Waals surface area contributed by atoms with Crippen LogP contribution in [0.4, 0.5) is 17.7 Å². The minimum absolute atomic E-state index is 0.276. The first-order chi connectivity index (χ1) is 12.7. The maximum Gasteiger partial charge on any atom is 0.228 e. The lowest BCUT2D eigenvalue weighted by atomic mass is 9.86. The maximum absolute atomic E-state index is 5.76. The van der Waals surface area contributed by atoms with Crippen molar-refractivity contribution in [2.24, 2.45) is 5.92 Å². The number of nitrogen functional groups attached to an aromatic ring is 1. The third-order valence-electron chi connectivity index (χ3n) is 6.23. The zero-order valence-electron chi connectivity index (χ0n) is 14.5. The van der Waals surface area contributed by atoms with Crippen molar-refractivity contribution in [1.29, 1.82) is 0 Å². The van der Waals surface area contributed by atoms with Gasteiger partial charge in [0.15, 0.2) is 0 Å². The van der Waals surface area contributed by atoms with Crippen molar-refractivity contribution in [2.45, 2.75) is 37.5 Å². The highest BCUT2D eigenvalue weighted by Crippen LogP contribution is 2.43. The van der Waals surface area contributed by atoms with Crippen molar-refractivity contribution in [1.82, 2.24) is 19.9 Å². The van der Waals surface area contributed by atoms with Crippen molar-refractivity contribution in [3.63, 3.8) is 0 Å². The molecule has 0 radical (unpaired) electrons. The number of aromatic nitrogens is 4. The average Bonchev–Trinajstić information content (AvgIpc) is 3.41. The van der Waals surface area contributed by atoms with Crippen LogP contribution in [0.2, 0.25) is 0 Å². The summed E-state index contributed by atoms with van der Waals surface area (Å²) in [6.45, 7) is 2.77. The Balaban J connectivity index is 1.43. The number of ether oxygens (including phenoxy) is 1. The Hall–Kier alpha value is -2.48. The number of anilines is 3. The van der Waals surface area contributed by atoms with Crippen LogP contribution in [0.25, 0.3) is 11.3 Å². The van der Waals surface area contributed by atoms with Gasteiger partial charge < -0.3 is 20.3 Å². The standard InChI is InChI=1S/C18H21N7O/c19-17-20-5-11(6-21-17)15-4-16(24-8-14-3-13(24)9-26-14)23-18(22-15)25-7-10-1-12(25)2-10/h4-6,10,12-14H,1-3,7-9H2,(H2,19,20,21)/t10?,12?,13-,14?/m0/s1. The normalized spacial score (nSPS) is 31.5. The van der Waals surface area contributed by atoms with E-state index in [0.717, 1.165) is 55.1 Å². The molecule has 8 nitrogen and oxygen atoms in total. The summed E-state index contributed by atoms with van der Waals surface area (Å²) >= 11 is 0. The summed E-state index contributed by atoms with van der Waals surface area (Å²) in [6.07, 6.45) is 7.45. The van der Waals surface area contributed by atoms with Gasteiger partial charge in [-0.2, -0.15) is 4.98 Å². The largest absolute Gasteiger partial charge is 0.374 e. The lowest BCUT2D eigenvalue weighted by Crippen LogP contribution is -2.38. The molecule has 0 aromatic carbocycles. The van der Waals surface area contributed by atoms with Gasteiger partial charge in [0.1, 0.15) is 5.82 Å². The van der Waals surface area contributed by atoms with Crippen molar-refractivity contribution in [2.75, 3.05) is 35.2 Å². The van der Waals surface area contributed by atoms with E-state index in [9.17, 15) is 0 Å². The number of hydrogen-bond donors (Lipinski definition) is 1. The molecule has 5 aliphatic rings. The van der Waals surface area contributed by atoms with E-state index in [2.05, 4.69) is 25.8 Å². The lowest BCUT2D eigenvalue weighted by Gasteiger charge is -2.30. The zero-order chi connectivity index (χ0) is 17.3. The monoisotopic (exact) mass is 351 g/mol. The Morgan fingerprint density at radius 1 is 1.00 bits per heavy atom. The van der Waals surface area contributed by atoms with Crippen LogP contribution in [0.3, 0.4) is 0 Å². The molecule has 4 aliphatic heterocycles. The number of rotatable bonds is 3. The summed E-state index contributed by atoms with van der Waals surface area (Å²) < 4.78 is 5.76. The second-order valence-corrected chi connectivity index (χ2v) is 7.88. The molecule has 2 aromatic rings. The lowest BCUT2D eigenvalue weighted by molar-refractivity contribution is 0.0989. The third kappa shape index (κ3) is 2.18. The molecule has 6 heterocycles. The van der Waals surface area contributed by atoms with Gasteiger partial charge in [0.05, 0.1) is 24.4 Å². The van der Waals surface area contributed by atoms with E-state index in [-0.39, 0.29) is 5.95 Å². The number of fused-ring (bicyclic) bond motifs is 3. The molecule has 2 atom stereocenters. The Kier molecular flexibility index (Phi) is 2.97. The highest BCUT2D eigenvalue weighted by molar-refractivity contribution is 5.65. The smallest absolute Gasteiger partial charge is 0.228 e. The molecule has 2 N–H and O–H groups in total. The molecule has 0 spiro atoms. The van der Waals surface area contributed by atoms with Gasteiger partial charge in [-0.25, -0.2) is 15.0 Å². The van der Waals surface area contributed by atoms with Crippen molar-refractivity contribution >= 4 is 17.7 Å². The van der Waals surface area contributed by atoms with Gasteiger partial charge in [-0.1, -0.05) is 0 Å². The van der Waals surface area contributed by atoms with E-state index < -0.39 is 0 Å². The summed E-state index contributed by atoms with van der Waals surface area (Å²) in [5.74, 6) is 2.91. The maximum atomic E-state index is 5.76. The number of morpholine rings is 1. The highest BCUT2D eigenvalue weighted by atomic mass is 16.5. The Labute approximate surface area is 151 Å². The molecule has 2 aromatic heterocycles. The van der Waals surface area contributed by atoms with Crippen LogP contribution in [-0.2, 0) is 4.74 Å². The Morgan fingerprint density at radius 2 is 1.85 bits per heavy atom. The number of nitrogens with two attached hydrogens (primary N) is 1. The average molecular weight is 351 g/mol. The number of hydrogen-bond acceptors (Lipinski definition) is 8. The van der Waals surface area contributed by atoms with Gasteiger partial charge in [-0.15, -0.1) is 0 Å². The summed E-state index contributed by atoms with van der Waals surface area (Å²) in [7, 11) is 0. The third-order valence-corrected chi connectivity index (χ3v) is 6.23. The molecule has 8 heteroatoms. The number of nitrogens with zero attached hydrogens (tertiary/aromatic N) is 6. The van der Waals surface area contributed by atoms with Crippen LogP contribution in [0, 0.1) is 5.92 Å². The van der Waals surface area contributed by atoms with Crippen LogP contribution in [0.5, 0.6) is 0 Å². The van der Waals surface area contributed by atoms with Crippen LogP contribution in [0.1, 0.15) is 19.3 Å². The molecule has 5 fully saturated rings. The fourth-order valence-electron chi connectivity index (χ4n) is 4.77. The molecule has 134 valence electrons. The second kappa shape index (κ2) is 5.26. The topological polar surface area (TPSA) is 93.3 Å². The van der Waals surface area contributed by atoms with E-state index in [1.165, 1.54) is 12.8 Å². The van der Waals surface area contributed by atoms with Gasteiger partial charge in [0.2, 0.25) is 11.9 Å². The first-order valence-corrected chi connectivity index (χ1v) is 9.35. The van der Waals surface area contributed by atoms with Crippen LogP contribution in [0.15, 0.2) is 18.5 Å². The fourth-order valence-corrected chi connectivity index (χ4v) is 4.77. The summed E-state index contributed by atoms with van der Waals surface area (Å²) in [6, 6.07) is 3.08. The van der Waals surface area contributed by atoms with E-state index in [1.807, 2.05) is 0 Å². The molecule has 1 aliphatic carbocycles. The molecule has 0 amide bonds. The first kappa shape index (κ1) is 14.7. The molecular weight excluding hydrogens is 330 g/mol. The summed E-state index contributed by atoms with van der Waals surface area (Å²) in [4.78, 5) is 22.8. The Morgan fingerprint density at radius 3 is 2.50 bits per heavy atom. The SMILES string of the molecule is Nc1ncc(-c2cc(N3CC4C[C@H]3CO4)nc(N3CC4CC3C4)n2)cn1. The van der Waals surface area contributed by atoms with Crippen molar-refractivity contribution in [3.8, 4) is 11.3 Å². The summed E-state index contributed by atoms with van der Waals surface area (Å²) in [5, 5.41) is 0. The molecule has 4 saturated heterocycles. The van der Waals surface area contributed by atoms with Crippen molar-refractivity contribution in [3.05, 3.63) is 18.5 Å². The predicted octanol–water partition coefficient (Wildman–Crippen LogP) is 1.09. The van der Waals surface area contributed by atoms with Gasteiger partial charge in [-0.3, -0.25) is 0 Å². The van der Waals surface area contributed by atoms with Crippen LogP contribution >= 0.6 is 0 Å². The zero-order valence-corrected chi connectivity index (χ0v) is 14.5. The van der Waals surface area contributed by atoms with E-state index in [4.69, 9.17) is 20.4 Å². The first-order valence-electron chi connectivity index (χ1n) is 9.35. The molecular formula is C18H21N7O. The van der Waals surface area contributed by atoms with Crippen molar-refractivity contribution < 1.29 is 4.74 Å². The van der Waals surface area contributed by atoms with Crippen LogP contribution < -0.4 is 15.5 Å². The van der Waals surface area contributed by atoms with E-state index >= 15 is 0 Å². The molecule has 7 rings (SSSR count). The van der Waals surface area contributed by atoms with Gasteiger partial charge in [0, 0.05) is 43.2 Å². The van der Waals surface area contributed by atoms with Gasteiger partial charge in [0.25, 0.3) is 0 Å². The Bertz CT molecular complexity index is 851. The molecule has 26 heavy (non-hydrogen) atoms. The van der Waals surface area contributed by atoms with Crippen LogP contribution in [-0.4, -0.2) is 57.8 Å². The van der Waals surface area contributed by atoms with Gasteiger partial charge in [-0.05, 0) is 25.2 Å². The molecule has 1 saturated carbocycles. The highest BCUT2D eigenvalue weighted by Gasteiger charge is 2.45.